The van der Waals surface area contributed by atoms with Gasteiger partial charge in [0.05, 0.1) is 30.7 Å². The molecule has 0 unspecified atom stereocenters. The lowest BCUT2D eigenvalue weighted by Gasteiger charge is -2.18. The highest BCUT2D eigenvalue weighted by Crippen LogP contribution is 2.37. The van der Waals surface area contributed by atoms with E-state index in [1.165, 1.54) is 31.8 Å². The largest absolute Gasteiger partial charge is 0.494 e. The Hall–Kier alpha value is -3.22. The zero-order chi connectivity index (χ0) is 24.3. The number of anilines is 1. The Balaban J connectivity index is 1.81. The molecule has 0 aliphatic heterocycles. The van der Waals surface area contributed by atoms with Crippen molar-refractivity contribution in [1.29, 1.82) is 0 Å². The molecule has 0 spiro atoms. The molecule has 1 N–H and O–H groups in total. The van der Waals surface area contributed by atoms with Gasteiger partial charge in [0.1, 0.15) is 21.5 Å². The molecule has 3 aromatic heterocycles. The summed E-state index contributed by atoms with van der Waals surface area (Å²) in [4.78, 5) is 8.29. The first-order valence-corrected chi connectivity index (χ1v) is 12.8. The number of ether oxygens (including phenoxy) is 2. The number of hydrogen-bond acceptors (Lipinski definition) is 9. The molecule has 0 saturated heterocycles. The van der Waals surface area contributed by atoms with Gasteiger partial charge in [-0.05, 0) is 31.2 Å². The highest BCUT2D eigenvalue weighted by atomic mass is 35.5. The van der Waals surface area contributed by atoms with Gasteiger partial charge in [0.2, 0.25) is 16.0 Å². The predicted octanol–water partition coefficient (Wildman–Crippen LogP) is 3.83. The Labute approximate surface area is 205 Å². The number of halogens is 1. The van der Waals surface area contributed by atoms with Crippen LogP contribution in [-0.4, -0.2) is 52.6 Å². The summed E-state index contributed by atoms with van der Waals surface area (Å²) in [5, 5.41) is 8.20. The third-order valence-corrected chi connectivity index (χ3v) is 7.79. The molecule has 0 amide bonds. The van der Waals surface area contributed by atoms with Gasteiger partial charge in [-0.25, -0.2) is 13.4 Å². The molecule has 1 aromatic carbocycles. The van der Waals surface area contributed by atoms with Crippen LogP contribution in [0, 0.1) is 0 Å². The number of thiazole rings is 1. The van der Waals surface area contributed by atoms with Crippen LogP contribution in [0.2, 0.25) is 4.34 Å². The maximum Gasteiger partial charge on any atom is 0.243 e. The zero-order valence-corrected chi connectivity index (χ0v) is 20.9. The van der Waals surface area contributed by atoms with Crippen molar-refractivity contribution in [2.45, 2.75) is 18.6 Å². The van der Waals surface area contributed by atoms with Crippen LogP contribution in [0.25, 0.3) is 17.1 Å². The fourth-order valence-electron chi connectivity index (χ4n) is 3.26. The molecule has 13 heteroatoms. The van der Waals surface area contributed by atoms with Crippen molar-refractivity contribution < 1.29 is 17.9 Å². The van der Waals surface area contributed by atoms with Gasteiger partial charge < -0.3 is 9.47 Å². The second kappa shape index (κ2) is 9.95. The van der Waals surface area contributed by atoms with Crippen molar-refractivity contribution in [2.24, 2.45) is 0 Å². The minimum Gasteiger partial charge on any atom is -0.494 e. The van der Waals surface area contributed by atoms with Crippen molar-refractivity contribution in [3.05, 3.63) is 58.3 Å². The summed E-state index contributed by atoms with van der Waals surface area (Å²) < 4.78 is 42.2. The number of hydrogen-bond donors (Lipinski definition) is 1. The van der Waals surface area contributed by atoms with Gasteiger partial charge >= 0.3 is 0 Å². The first-order valence-electron chi connectivity index (χ1n) is 10.0. The summed E-state index contributed by atoms with van der Waals surface area (Å²) in [6.07, 6.45) is 4.92. The van der Waals surface area contributed by atoms with E-state index < -0.39 is 15.3 Å². The van der Waals surface area contributed by atoms with Crippen molar-refractivity contribution in [2.75, 3.05) is 18.9 Å². The Morgan fingerprint density at radius 1 is 1.12 bits per heavy atom. The maximum atomic E-state index is 13.2. The van der Waals surface area contributed by atoms with Crippen LogP contribution in [-0.2, 0) is 16.4 Å². The third kappa shape index (κ3) is 4.83. The number of methoxy groups -OCH3 is 2. The molecular weight excluding hydrogens is 500 g/mol. The number of benzene rings is 1. The lowest BCUT2D eigenvalue weighted by atomic mass is 10.2. The lowest BCUT2D eigenvalue weighted by Crippen LogP contribution is -2.28. The Morgan fingerprint density at radius 2 is 1.85 bits per heavy atom. The summed E-state index contributed by atoms with van der Waals surface area (Å²) >= 11 is 7.17. The molecule has 34 heavy (non-hydrogen) atoms. The number of para-hydroxylation sites is 1. The topological polar surface area (TPSA) is 121 Å². The van der Waals surface area contributed by atoms with Crippen molar-refractivity contribution in [1.82, 2.24) is 24.7 Å². The molecule has 0 fully saturated rings. The van der Waals surface area contributed by atoms with Crippen molar-refractivity contribution >= 4 is 38.9 Å². The summed E-state index contributed by atoms with van der Waals surface area (Å²) in [5.74, 6) is 1.21. The van der Waals surface area contributed by atoms with E-state index in [2.05, 4.69) is 24.9 Å². The SMILES string of the molecule is COc1cccc(OC)c1-n1c(NS(=O)(=O)[C@H](C)Cc2ncc(Cl)s2)nnc1-c1cccnc1. The molecule has 0 aliphatic rings. The minimum absolute atomic E-state index is 0.0225. The maximum absolute atomic E-state index is 13.2. The van der Waals surface area contributed by atoms with E-state index in [1.54, 1.807) is 54.2 Å². The Morgan fingerprint density at radius 3 is 2.44 bits per heavy atom. The average molecular weight is 521 g/mol. The molecule has 10 nitrogen and oxygen atoms in total. The molecule has 0 bridgehead atoms. The zero-order valence-electron chi connectivity index (χ0n) is 18.5. The van der Waals surface area contributed by atoms with E-state index in [-0.39, 0.29) is 12.4 Å². The second-order valence-corrected chi connectivity index (χ2v) is 11.0. The van der Waals surface area contributed by atoms with Gasteiger partial charge in [0, 0.05) is 24.4 Å². The van der Waals surface area contributed by atoms with Crippen LogP contribution in [0.1, 0.15) is 11.9 Å². The molecule has 1 atom stereocenters. The standard InChI is InChI=1S/C21H21ClN6O4S2/c1-13(10-18-24-12-17(22)33-18)34(29,30)27-21-26-25-20(14-6-5-9-23-11-14)28(21)19-15(31-2)7-4-8-16(19)32-3/h4-9,11-13H,10H2,1-3H3,(H,26,27)/t13-/m1/s1. The van der Waals surface area contributed by atoms with Crippen LogP contribution >= 0.6 is 22.9 Å². The molecule has 0 radical (unpaired) electrons. The summed E-state index contributed by atoms with van der Waals surface area (Å²) in [6, 6.07) is 8.78. The van der Waals surface area contributed by atoms with E-state index in [1.807, 2.05) is 0 Å². The van der Waals surface area contributed by atoms with Crippen LogP contribution in [0.5, 0.6) is 11.5 Å². The molecule has 0 saturated carbocycles. The van der Waals surface area contributed by atoms with E-state index in [9.17, 15) is 8.42 Å². The van der Waals surface area contributed by atoms with Gasteiger partial charge in [-0.2, -0.15) is 0 Å². The Bertz CT molecular complexity index is 1370. The number of nitrogens with one attached hydrogen (secondary N) is 1. The van der Waals surface area contributed by atoms with Crippen molar-refractivity contribution in [3.8, 4) is 28.6 Å². The molecule has 178 valence electrons. The molecule has 4 aromatic rings. The summed E-state index contributed by atoms with van der Waals surface area (Å²) in [7, 11) is -0.865. The summed E-state index contributed by atoms with van der Waals surface area (Å²) in [5.41, 5.74) is 1.06. The quantitative estimate of drug-likeness (QED) is 0.353. The van der Waals surface area contributed by atoms with E-state index in [0.29, 0.717) is 37.9 Å². The van der Waals surface area contributed by atoms with Crippen LogP contribution < -0.4 is 14.2 Å². The first-order chi connectivity index (χ1) is 16.3. The van der Waals surface area contributed by atoms with Gasteiger partial charge in [-0.15, -0.1) is 21.5 Å². The van der Waals surface area contributed by atoms with Gasteiger partial charge in [-0.3, -0.25) is 14.3 Å². The van der Waals surface area contributed by atoms with Gasteiger partial charge in [0.15, 0.2) is 5.82 Å². The monoisotopic (exact) mass is 520 g/mol. The van der Waals surface area contributed by atoms with Crippen LogP contribution in [0.15, 0.2) is 48.9 Å². The molecule has 3 heterocycles. The fraction of sp³-hybridized carbons (Fsp3) is 0.238. The first kappa shape index (κ1) is 23.9. The van der Waals surface area contributed by atoms with Gasteiger partial charge in [-0.1, -0.05) is 17.7 Å². The number of aromatic nitrogens is 5. The van der Waals surface area contributed by atoms with Crippen molar-refractivity contribution in [3.63, 3.8) is 0 Å². The number of pyridine rings is 1. The second-order valence-electron chi connectivity index (χ2n) is 7.16. The van der Waals surface area contributed by atoms with Crippen LogP contribution in [0.3, 0.4) is 0 Å². The summed E-state index contributed by atoms with van der Waals surface area (Å²) in [6.45, 7) is 1.59. The number of sulfonamides is 1. The molecule has 4 rings (SSSR count). The predicted molar refractivity (Wildman–Crippen MR) is 131 cm³/mol. The number of nitrogens with zero attached hydrogens (tertiary/aromatic N) is 5. The average Bonchev–Trinajstić information content (AvgIpc) is 3.44. The lowest BCUT2D eigenvalue weighted by molar-refractivity contribution is 0.391. The normalized spacial score (nSPS) is 12.4. The minimum atomic E-state index is -3.89. The Kier molecular flexibility index (Phi) is 7.00. The third-order valence-electron chi connectivity index (χ3n) is 4.96. The molecule has 0 aliphatic carbocycles. The molecular formula is C21H21ClN6O4S2. The van der Waals surface area contributed by atoms with Gasteiger partial charge in [0.25, 0.3) is 0 Å². The van der Waals surface area contributed by atoms with E-state index in [4.69, 9.17) is 21.1 Å². The fourth-order valence-corrected chi connectivity index (χ4v) is 5.42. The van der Waals surface area contributed by atoms with Crippen LogP contribution in [0.4, 0.5) is 5.95 Å². The number of rotatable bonds is 9. The highest BCUT2D eigenvalue weighted by molar-refractivity contribution is 7.93. The van der Waals surface area contributed by atoms with E-state index in [0.717, 1.165) is 0 Å². The smallest absolute Gasteiger partial charge is 0.243 e. The highest BCUT2D eigenvalue weighted by Gasteiger charge is 2.28. The van der Waals surface area contributed by atoms with E-state index >= 15 is 0 Å².